The third-order valence-corrected chi connectivity index (χ3v) is 11.4. The van der Waals surface area contributed by atoms with Crippen molar-refractivity contribution in [2.45, 2.75) is 0 Å². The molecule has 0 saturated heterocycles. The van der Waals surface area contributed by atoms with E-state index in [-0.39, 0.29) is 0 Å². The van der Waals surface area contributed by atoms with Crippen LogP contribution < -0.4 is 0 Å². The van der Waals surface area contributed by atoms with E-state index in [0.29, 0.717) is 11.1 Å². The molecule has 0 aliphatic heterocycles. The molecule has 0 atom stereocenters. The topological polar surface area (TPSA) is 83.7 Å². The van der Waals surface area contributed by atoms with Crippen molar-refractivity contribution < 1.29 is 8.83 Å². The average molecular weight is 715 g/mol. The second kappa shape index (κ2) is 11.2. The van der Waals surface area contributed by atoms with Crippen LogP contribution in [0.4, 0.5) is 0 Å². The fraction of sp³-hybridized carbons (Fsp3) is 0. The van der Waals surface area contributed by atoms with Crippen LogP contribution in [-0.2, 0) is 0 Å². The second-order valence-corrected chi connectivity index (χ2v) is 14.2. The van der Waals surface area contributed by atoms with Crippen molar-refractivity contribution in [3.63, 3.8) is 0 Å². The highest BCUT2D eigenvalue weighted by atomic mass is 16.3. The van der Waals surface area contributed by atoms with Gasteiger partial charge in [-0.05, 0) is 66.7 Å². The van der Waals surface area contributed by atoms with Gasteiger partial charge in [0.15, 0.2) is 5.58 Å². The lowest BCUT2D eigenvalue weighted by Gasteiger charge is -2.18. The van der Waals surface area contributed by atoms with Gasteiger partial charge in [0.05, 0.1) is 56.0 Å². The predicted molar refractivity (Wildman–Crippen MR) is 225 cm³/mol. The van der Waals surface area contributed by atoms with E-state index in [2.05, 4.69) is 88.0 Å². The Labute approximate surface area is 318 Å². The van der Waals surface area contributed by atoms with Gasteiger partial charge in [-0.2, -0.15) is 10.5 Å². The number of para-hydroxylation sites is 4. The zero-order valence-electron chi connectivity index (χ0n) is 29.6. The maximum Gasteiger partial charge on any atom is 0.160 e. The third kappa shape index (κ3) is 3.97. The van der Waals surface area contributed by atoms with Crippen molar-refractivity contribution in [1.29, 1.82) is 10.5 Å². The van der Waals surface area contributed by atoms with Gasteiger partial charge in [-0.3, -0.25) is 0 Å². The van der Waals surface area contributed by atoms with Gasteiger partial charge in [-0.25, -0.2) is 0 Å². The summed E-state index contributed by atoms with van der Waals surface area (Å²) in [6.45, 7) is 0. The minimum atomic E-state index is 0.492. The molecule has 258 valence electrons. The Morgan fingerprint density at radius 3 is 1.79 bits per heavy atom. The molecule has 0 amide bonds. The highest BCUT2D eigenvalue weighted by Crippen LogP contribution is 2.45. The molecular formula is C50H26N4O2. The van der Waals surface area contributed by atoms with Gasteiger partial charge < -0.3 is 18.0 Å². The first kappa shape index (κ1) is 30.4. The largest absolute Gasteiger partial charge is 0.456 e. The summed E-state index contributed by atoms with van der Waals surface area (Å²) in [6.07, 6.45) is 0. The van der Waals surface area contributed by atoms with Gasteiger partial charge in [0, 0.05) is 48.8 Å². The first-order valence-electron chi connectivity index (χ1n) is 18.5. The zero-order chi connectivity index (χ0) is 37.1. The Morgan fingerprint density at radius 2 is 1.04 bits per heavy atom. The van der Waals surface area contributed by atoms with Crippen molar-refractivity contribution in [2.24, 2.45) is 0 Å². The molecule has 0 N–H and O–H groups in total. The highest BCUT2D eigenvalue weighted by Gasteiger charge is 2.25. The maximum atomic E-state index is 11.3. The van der Waals surface area contributed by atoms with E-state index >= 15 is 0 Å². The summed E-state index contributed by atoms with van der Waals surface area (Å²) < 4.78 is 17.5. The van der Waals surface area contributed by atoms with Gasteiger partial charge in [0.25, 0.3) is 0 Å². The molecule has 0 radical (unpaired) electrons. The van der Waals surface area contributed by atoms with Crippen molar-refractivity contribution in [2.75, 3.05) is 0 Å². The number of rotatable bonds is 3. The molecule has 4 heterocycles. The molecule has 0 bridgehead atoms. The third-order valence-electron chi connectivity index (χ3n) is 11.4. The van der Waals surface area contributed by atoms with Crippen LogP contribution in [-0.4, -0.2) is 9.13 Å². The molecule has 0 aliphatic rings. The van der Waals surface area contributed by atoms with Crippen LogP contribution >= 0.6 is 0 Å². The average Bonchev–Trinajstić information content (AvgIpc) is 4.00. The number of aromatic nitrogens is 2. The van der Waals surface area contributed by atoms with Crippen molar-refractivity contribution in [1.82, 2.24) is 9.13 Å². The Morgan fingerprint density at radius 1 is 0.411 bits per heavy atom. The van der Waals surface area contributed by atoms with Crippen LogP contribution in [0.25, 0.3) is 110 Å². The monoisotopic (exact) mass is 714 g/mol. The van der Waals surface area contributed by atoms with Crippen LogP contribution in [0.15, 0.2) is 167 Å². The summed E-state index contributed by atoms with van der Waals surface area (Å²) in [4.78, 5) is 0. The molecule has 0 unspecified atom stereocenters. The molecule has 0 aliphatic carbocycles. The van der Waals surface area contributed by atoms with Crippen molar-refractivity contribution in [3.05, 3.63) is 169 Å². The normalized spacial score (nSPS) is 11.9. The molecule has 12 rings (SSSR count). The minimum absolute atomic E-state index is 0.492. The van der Waals surface area contributed by atoms with Gasteiger partial charge in [-0.1, -0.05) is 91.0 Å². The van der Waals surface area contributed by atoms with Gasteiger partial charge >= 0.3 is 0 Å². The van der Waals surface area contributed by atoms with E-state index in [4.69, 9.17) is 8.83 Å². The van der Waals surface area contributed by atoms with Gasteiger partial charge in [-0.15, -0.1) is 0 Å². The predicted octanol–water partition coefficient (Wildman–Crippen LogP) is 13.1. The molecule has 0 spiro atoms. The Hall–Kier alpha value is -8.06. The lowest BCUT2D eigenvalue weighted by molar-refractivity contribution is 0.669. The number of fused-ring (bicyclic) bond motifs is 14. The number of nitriles is 2. The molecule has 0 fully saturated rings. The quantitative estimate of drug-likeness (QED) is 0.182. The first-order valence-corrected chi connectivity index (χ1v) is 18.5. The number of hydrogen-bond acceptors (Lipinski definition) is 4. The van der Waals surface area contributed by atoms with Crippen LogP contribution in [0.1, 0.15) is 11.1 Å². The van der Waals surface area contributed by atoms with E-state index in [1.165, 1.54) is 0 Å². The minimum Gasteiger partial charge on any atom is -0.456 e. The summed E-state index contributed by atoms with van der Waals surface area (Å²) in [5.74, 6) is 0. The van der Waals surface area contributed by atoms with Gasteiger partial charge in [0.2, 0.25) is 0 Å². The highest BCUT2D eigenvalue weighted by molar-refractivity contribution is 6.25. The van der Waals surface area contributed by atoms with E-state index in [1.54, 1.807) is 0 Å². The first-order chi connectivity index (χ1) is 27.7. The van der Waals surface area contributed by atoms with Crippen molar-refractivity contribution in [3.8, 4) is 34.6 Å². The summed E-state index contributed by atoms with van der Waals surface area (Å²) in [6, 6.07) is 58.1. The maximum absolute atomic E-state index is 11.3. The van der Waals surface area contributed by atoms with Crippen LogP contribution in [0, 0.1) is 22.7 Å². The fourth-order valence-electron chi connectivity index (χ4n) is 9.08. The standard InChI is InChI=1S/C50H26N4O2/c51-27-29-20-24-43(54-41-16-6-2-11-32(41)35-21-22-36-33-12-3-7-18-44(33)56-50(36)49(35)54)38(26-29)30-14-9-17-42(39(30)28-52)53-40-15-5-1-10-31(40)34-23-25-46-47(48(34)53)37-13-4-8-19-45(37)55-46/h1-26H. The molecule has 56 heavy (non-hydrogen) atoms. The lowest BCUT2D eigenvalue weighted by Crippen LogP contribution is -2.03. The van der Waals surface area contributed by atoms with E-state index in [1.807, 2.05) is 91.0 Å². The zero-order valence-corrected chi connectivity index (χ0v) is 29.6. The Kier molecular flexibility index (Phi) is 6.10. The van der Waals surface area contributed by atoms with Crippen molar-refractivity contribution >= 4 is 87.5 Å². The smallest absolute Gasteiger partial charge is 0.160 e. The van der Waals surface area contributed by atoms with Crippen LogP contribution in [0.2, 0.25) is 0 Å². The Balaban J connectivity index is 1.21. The Bertz CT molecular complexity index is 3750. The molecule has 12 aromatic rings. The number of nitrogens with zero attached hydrogens (tertiary/aromatic N) is 4. The van der Waals surface area contributed by atoms with Crippen LogP contribution in [0.3, 0.4) is 0 Å². The molecule has 6 nitrogen and oxygen atoms in total. The molecule has 8 aromatic carbocycles. The molecule has 0 saturated carbocycles. The number of hydrogen-bond donors (Lipinski definition) is 0. The lowest BCUT2D eigenvalue weighted by atomic mass is 9.95. The summed E-state index contributed by atoms with van der Waals surface area (Å²) in [5.41, 5.74) is 11.1. The van der Waals surface area contributed by atoms with E-state index < -0.39 is 0 Å². The van der Waals surface area contributed by atoms with E-state index in [9.17, 15) is 10.5 Å². The molecule has 6 heteroatoms. The SMILES string of the molecule is N#Cc1ccc(-n2c3ccccc3c3ccc4c5ccccc5oc4c32)c(-c2cccc(-n3c4ccccc4c4ccc5oc6ccccc6c5c43)c2C#N)c1. The second-order valence-electron chi connectivity index (χ2n) is 14.2. The van der Waals surface area contributed by atoms with Gasteiger partial charge in [0.1, 0.15) is 22.8 Å². The molecular weight excluding hydrogens is 689 g/mol. The summed E-state index contributed by atoms with van der Waals surface area (Å²) in [7, 11) is 0. The molecule has 4 aromatic heterocycles. The van der Waals surface area contributed by atoms with Crippen LogP contribution in [0.5, 0.6) is 0 Å². The number of furan rings is 2. The fourth-order valence-corrected chi connectivity index (χ4v) is 9.08. The number of benzene rings is 8. The summed E-state index contributed by atoms with van der Waals surface area (Å²) in [5, 5.41) is 29.9. The summed E-state index contributed by atoms with van der Waals surface area (Å²) >= 11 is 0. The van der Waals surface area contributed by atoms with E-state index in [0.717, 1.165) is 110 Å².